The van der Waals surface area contributed by atoms with Crippen LogP contribution in [0, 0.1) is 6.92 Å². The highest BCUT2D eigenvalue weighted by Crippen LogP contribution is 2.11. The molecule has 6 heteroatoms. The van der Waals surface area contributed by atoms with Gasteiger partial charge in [0.25, 0.3) is 0 Å². The fraction of sp³-hybridized carbons (Fsp3) is 0.182. The normalized spacial score (nSPS) is 10.2. The van der Waals surface area contributed by atoms with Crippen LogP contribution in [0.1, 0.15) is 11.4 Å². The van der Waals surface area contributed by atoms with Crippen LogP contribution in [0.3, 0.4) is 0 Å². The topological polar surface area (TPSA) is 80.9 Å². The van der Waals surface area contributed by atoms with Crippen LogP contribution in [0.15, 0.2) is 24.3 Å². The van der Waals surface area contributed by atoms with Gasteiger partial charge in [-0.25, -0.2) is 4.98 Å². The van der Waals surface area contributed by atoms with Gasteiger partial charge in [0.15, 0.2) is 0 Å². The summed E-state index contributed by atoms with van der Waals surface area (Å²) in [7, 11) is 0. The number of rotatable bonds is 3. The average molecular weight is 248 g/mol. The highest BCUT2D eigenvalue weighted by molar-refractivity contribution is 7.09. The van der Waals surface area contributed by atoms with E-state index in [0.29, 0.717) is 23.1 Å². The number of carbonyl (C=O) groups is 1. The molecule has 0 saturated carbocycles. The molecule has 17 heavy (non-hydrogen) atoms. The number of amides is 1. The second-order valence-corrected chi connectivity index (χ2v) is 4.37. The van der Waals surface area contributed by atoms with Gasteiger partial charge in [0.2, 0.25) is 11.0 Å². The number of carbonyl (C=O) groups excluding carboxylic acids is 1. The van der Waals surface area contributed by atoms with Crippen LogP contribution in [0.4, 0.5) is 10.8 Å². The molecule has 88 valence electrons. The van der Waals surface area contributed by atoms with Crippen LogP contribution in [0.2, 0.25) is 0 Å². The van der Waals surface area contributed by atoms with E-state index in [4.69, 9.17) is 5.73 Å². The van der Waals surface area contributed by atoms with Crippen molar-refractivity contribution in [3.63, 3.8) is 0 Å². The third-order valence-electron chi connectivity index (χ3n) is 2.12. The number of nitrogen functional groups attached to an aromatic ring is 1. The molecular weight excluding hydrogens is 236 g/mol. The lowest BCUT2D eigenvalue weighted by molar-refractivity contribution is -0.115. The summed E-state index contributed by atoms with van der Waals surface area (Å²) in [5.74, 6) is 0.559. The van der Waals surface area contributed by atoms with Gasteiger partial charge in [-0.05, 0) is 24.6 Å². The first-order valence-corrected chi connectivity index (χ1v) is 5.85. The quantitative estimate of drug-likeness (QED) is 0.809. The number of nitrogens with two attached hydrogens (primary N) is 1. The lowest BCUT2D eigenvalue weighted by Crippen LogP contribution is -2.14. The van der Waals surface area contributed by atoms with Crippen molar-refractivity contribution in [2.75, 3.05) is 11.1 Å². The smallest absolute Gasteiger partial charge is 0.230 e. The summed E-state index contributed by atoms with van der Waals surface area (Å²) in [4.78, 5) is 15.7. The van der Waals surface area contributed by atoms with E-state index in [1.54, 1.807) is 19.1 Å². The Morgan fingerprint density at radius 3 is 2.71 bits per heavy atom. The number of nitrogens with one attached hydrogen (secondary N) is 1. The molecule has 0 atom stereocenters. The Morgan fingerprint density at radius 1 is 1.41 bits per heavy atom. The molecule has 1 aromatic carbocycles. The van der Waals surface area contributed by atoms with Gasteiger partial charge < -0.3 is 11.1 Å². The standard InChI is InChI=1S/C11H12N4OS/c1-7-13-11(17-15-7)14-10(16)6-8-2-4-9(12)5-3-8/h2-5H,6,12H2,1H3,(H,13,14,15,16). The van der Waals surface area contributed by atoms with Crippen molar-refractivity contribution < 1.29 is 4.79 Å². The van der Waals surface area contributed by atoms with E-state index in [9.17, 15) is 4.79 Å². The molecule has 0 unspecified atom stereocenters. The van der Waals surface area contributed by atoms with Crippen molar-refractivity contribution in [3.8, 4) is 0 Å². The molecule has 0 saturated heterocycles. The molecule has 0 aliphatic carbocycles. The van der Waals surface area contributed by atoms with Gasteiger partial charge in [0.05, 0.1) is 6.42 Å². The van der Waals surface area contributed by atoms with E-state index in [0.717, 1.165) is 5.56 Å². The summed E-state index contributed by atoms with van der Waals surface area (Å²) in [6.45, 7) is 1.78. The van der Waals surface area contributed by atoms with E-state index in [1.807, 2.05) is 12.1 Å². The molecule has 0 aliphatic rings. The zero-order valence-electron chi connectivity index (χ0n) is 9.30. The van der Waals surface area contributed by atoms with Crippen LogP contribution in [-0.2, 0) is 11.2 Å². The minimum absolute atomic E-state index is 0.106. The first-order chi connectivity index (χ1) is 8.13. The van der Waals surface area contributed by atoms with Gasteiger partial charge in [-0.2, -0.15) is 4.37 Å². The maximum absolute atomic E-state index is 11.7. The Morgan fingerprint density at radius 2 is 2.12 bits per heavy atom. The molecule has 5 nitrogen and oxygen atoms in total. The first-order valence-electron chi connectivity index (χ1n) is 5.08. The van der Waals surface area contributed by atoms with Crippen LogP contribution in [0.5, 0.6) is 0 Å². The monoisotopic (exact) mass is 248 g/mol. The Balaban J connectivity index is 1.95. The Hall–Kier alpha value is -1.95. The summed E-state index contributed by atoms with van der Waals surface area (Å²) in [6, 6.07) is 7.22. The van der Waals surface area contributed by atoms with Crippen molar-refractivity contribution in [2.24, 2.45) is 0 Å². The Bertz CT molecular complexity index is 521. The highest BCUT2D eigenvalue weighted by Gasteiger charge is 2.07. The molecule has 1 heterocycles. The molecule has 0 aliphatic heterocycles. The number of hydrogen-bond acceptors (Lipinski definition) is 5. The van der Waals surface area contributed by atoms with Crippen molar-refractivity contribution in [2.45, 2.75) is 13.3 Å². The molecule has 1 amide bonds. The van der Waals surface area contributed by atoms with E-state index in [-0.39, 0.29) is 5.91 Å². The maximum atomic E-state index is 11.7. The summed E-state index contributed by atoms with van der Waals surface area (Å²) in [6.07, 6.45) is 0.304. The SMILES string of the molecule is Cc1nsc(NC(=O)Cc2ccc(N)cc2)n1. The molecule has 3 N–H and O–H groups in total. The molecule has 2 aromatic rings. The van der Waals surface area contributed by atoms with E-state index >= 15 is 0 Å². The third kappa shape index (κ3) is 3.25. The number of aryl methyl sites for hydroxylation is 1. The van der Waals surface area contributed by atoms with Crippen LogP contribution in [-0.4, -0.2) is 15.3 Å². The summed E-state index contributed by atoms with van der Waals surface area (Å²) in [5, 5.41) is 3.23. The number of aromatic nitrogens is 2. The number of anilines is 2. The van der Waals surface area contributed by atoms with E-state index < -0.39 is 0 Å². The summed E-state index contributed by atoms with van der Waals surface area (Å²) < 4.78 is 3.99. The van der Waals surface area contributed by atoms with Crippen LogP contribution < -0.4 is 11.1 Å². The predicted molar refractivity (Wildman–Crippen MR) is 67.8 cm³/mol. The zero-order chi connectivity index (χ0) is 12.3. The summed E-state index contributed by atoms with van der Waals surface area (Å²) in [5.41, 5.74) is 7.17. The molecule has 1 aromatic heterocycles. The molecule has 0 radical (unpaired) electrons. The zero-order valence-corrected chi connectivity index (χ0v) is 10.1. The predicted octanol–water partition coefficient (Wildman–Crippen LogP) is 1.61. The third-order valence-corrected chi connectivity index (χ3v) is 2.84. The van der Waals surface area contributed by atoms with Gasteiger partial charge in [0, 0.05) is 17.2 Å². The molecule has 0 spiro atoms. The fourth-order valence-corrected chi connectivity index (χ4v) is 1.92. The largest absolute Gasteiger partial charge is 0.399 e. The van der Waals surface area contributed by atoms with Crippen molar-refractivity contribution in [1.29, 1.82) is 0 Å². The van der Waals surface area contributed by atoms with Gasteiger partial charge in [-0.1, -0.05) is 12.1 Å². The van der Waals surface area contributed by atoms with Gasteiger partial charge in [-0.3, -0.25) is 4.79 Å². The number of hydrogen-bond donors (Lipinski definition) is 2. The fourth-order valence-electron chi connectivity index (χ4n) is 1.33. The van der Waals surface area contributed by atoms with Crippen molar-refractivity contribution >= 4 is 28.3 Å². The molecule has 0 fully saturated rings. The second-order valence-electron chi connectivity index (χ2n) is 3.61. The lowest BCUT2D eigenvalue weighted by atomic mass is 10.1. The minimum Gasteiger partial charge on any atom is -0.399 e. The number of benzene rings is 1. The Labute approximate surface area is 103 Å². The average Bonchev–Trinajstić information content (AvgIpc) is 2.67. The maximum Gasteiger partial charge on any atom is 0.230 e. The van der Waals surface area contributed by atoms with Crippen LogP contribution >= 0.6 is 11.5 Å². The van der Waals surface area contributed by atoms with E-state index in [1.165, 1.54) is 11.5 Å². The summed E-state index contributed by atoms with van der Waals surface area (Å²) >= 11 is 1.18. The van der Waals surface area contributed by atoms with E-state index in [2.05, 4.69) is 14.7 Å². The van der Waals surface area contributed by atoms with Crippen LogP contribution in [0.25, 0.3) is 0 Å². The van der Waals surface area contributed by atoms with Gasteiger partial charge in [0.1, 0.15) is 5.82 Å². The van der Waals surface area contributed by atoms with Crippen molar-refractivity contribution in [3.05, 3.63) is 35.7 Å². The highest BCUT2D eigenvalue weighted by atomic mass is 32.1. The van der Waals surface area contributed by atoms with Crippen molar-refractivity contribution in [1.82, 2.24) is 9.36 Å². The first kappa shape index (κ1) is 11.5. The second kappa shape index (κ2) is 4.92. The molecule has 0 bridgehead atoms. The molecule has 2 rings (SSSR count). The Kier molecular flexibility index (Phi) is 3.34. The minimum atomic E-state index is -0.106. The number of nitrogens with zero attached hydrogens (tertiary/aromatic N) is 2. The van der Waals surface area contributed by atoms with Gasteiger partial charge >= 0.3 is 0 Å². The van der Waals surface area contributed by atoms with Gasteiger partial charge in [-0.15, -0.1) is 0 Å². The lowest BCUT2D eigenvalue weighted by Gasteiger charge is -2.01. The molecular formula is C11H12N4OS.